The zero-order valence-corrected chi connectivity index (χ0v) is 16.2. The predicted molar refractivity (Wildman–Crippen MR) is 105 cm³/mol. The van der Waals surface area contributed by atoms with Crippen molar-refractivity contribution in [2.75, 3.05) is 13.7 Å². The Morgan fingerprint density at radius 2 is 1.96 bits per heavy atom. The molecular weight excluding hydrogens is 378 g/mol. The molecule has 1 aromatic heterocycles. The third-order valence-electron chi connectivity index (χ3n) is 4.93. The van der Waals surface area contributed by atoms with Crippen molar-refractivity contribution < 1.29 is 14.1 Å². The fourth-order valence-electron chi connectivity index (χ4n) is 3.49. The summed E-state index contributed by atoms with van der Waals surface area (Å²) in [6.45, 7) is 0.639. The second-order valence-electron chi connectivity index (χ2n) is 6.67. The van der Waals surface area contributed by atoms with Crippen molar-refractivity contribution >= 4 is 17.5 Å². The maximum Gasteiger partial charge on any atom is 0.258 e. The highest BCUT2D eigenvalue weighted by atomic mass is 35.5. The SMILES string of the molecule is COc1ccccc1C(=O)N1CCCC[C@@H]1c1nc(-c2ccc(Cl)cc2)no1. The van der Waals surface area contributed by atoms with E-state index in [4.69, 9.17) is 20.9 Å². The molecule has 0 saturated carbocycles. The van der Waals surface area contributed by atoms with Gasteiger partial charge in [-0.2, -0.15) is 4.98 Å². The first-order valence-electron chi connectivity index (χ1n) is 9.21. The van der Waals surface area contributed by atoms with E-state index >= 15 is 0 Å². The zero-order valence-electron chi connectivity index (χ0n) is 15.5. The Morgan fingerprint density at radius 3 is 2.75 bits per heavy atom. The second-order valence-corrected chi connectivity index (χ2v) is 7.11. The molecule has 2 aromatic carbocycles. The van der Waals surface area contributed by atoms with Crippen LogP contribution in [0.2, 0.25) is 5.02 Å². The molecule has 0 radical (unpaired) electrons. The summed E-state index contributed by atoms with van der Waals surface area (Å²) in [4.78, 5) is 19.6. The Hall–Kier alpha value is -2.86. The van der Waals surface area contributed by atoms with Gasteiger partial charge in [0.1, 0.15) is 11.8 Å². The highest BCUT2D eigenvalue weighted by molar-refractivity contribution is 6.30. The molecular formula is C21H20ClN3O3. The van der Waals surface area contributed by atoms with Gasteiger partial charge in [-0.05, 0) is 55.7 Å². The van der Waals surface area contributed by atoms with Crippen LogP contribution in [0.25, 0.3) is 11.4 Å². The van der Waals surface area contributed by atoms with E-state index in [0.717, 1.165) is 24.8 Å². The lowest BCUT2D eigenvalue weighted by Crippen LogP contribution is -2.38. The number of methoxy groups -OCH3 is 1. The van der Waals surface area contributed by atoms with Crippen molar-refractivity contribution in [2.24, 2.45) is 0 Å². The van der Waals surface area contributed by atoms with E-state index < -0.39 is 0 Å². The van der Waals surface area contributed by atoms with Crippen LogP contribution in [0.5, 0.6) is 5.75 Å². The van der Waals surface area contributed by atoms with Crippen LogP contribution in [-0.4, -0.2) is 34.6 Å². The van der Waals surface area contributed by atoms with Crippen LogP contribution in [0.15, 0.2) is 53.1 Å². The number of hydrogen-bond donors (Lipinski definition) is 0. The first-order chi connectivity index (χ1) is 13.7. The zero-order chi connectivity index (χ0) is 19.5. The van der Waals surface area contributed by atoms with Crippen LogP contribution >= 0.6 is 11.6 Å². The number of likely N-dealkylation sites (tertiary alicyclic amines) is 1. The molecule has 2 heterocycles. The summed E-state index contributed by atoms with van der Waals surface area (Å²) in [5.74, 6) is 1.41. The third-order valence-corrected chi connectivity index (χ3v) is 5.18. The molecule has 0 N–H and O–H groups in total. The van der Waals surface area contributed by atoms with Gasteiger partial charge in [0.2, 0.25) is 11.7 Å². The molecule has 4 rings (SSSR count). The average molecular weight is 398 g/mol. The minimum absolute atomic E-state index is 0.0895. The summed E-state index contributed by atoms with van der Waals surface area (Å²) in [6.07, 6.45) is 2.72. The molecule has 0 spiro atoms. The van der Waals surface area contributed by atoms with Crippen molar-refractivity contribution in [3.63, 3.8) is 0 Å². The van der Waals surface area contributed by atoms with Crippen molar-refractivity contribution in [1.29, 1.82) is 0 Å². The quantitative estimate of drug-likeness (QED) is 0.634. The number of aromatic nitrogens is 2. The van der Waals surface area contributed by atoms with Crippen molar-refractivity contribution in [3.05, 3.63) is 65.0 Å². The van der Waals surface area contributed by atoms with Gasteiger partial charge in [0.25, 0.3) is 5.91 Å². The summed E-state index contributed by atoms with van der Waals surface area (Å²) in [5.41, 5.74) is 1.35. The van der Waals surface area contributed by atoms with Crippen LogP contribution < -0.4 is 4.74 Å². The van der Waals surface area contributed by atoms with E-state index in [0.29, 0.717) is 34.6 Å². The molecule has 1 saturated heterocycles. The number of piperidine rings is 1. The van der Waals surface area contributed by atoms with Crippen LogP contribution in [0.3, 0.4) is 0 Å². The number of halogens is 1. The first kappa shape index (κ1) is 18.5. The van der Waals surface area contributed by atoms with Gasteiger partial charge in [-0.15, -0.1) is 0 Å². The number of carbonyl (C=O) groups is 1. The molecule has 1 fully saturated rings. The van der Waals surface area contributed by atoms with Gasteiger partial charge in [-0.3, -0.25) is 4.79 Å². The molecule has 144 valence electrons. The van der Waals surface area contributed by atoms with Crippen molar-refractivity contribution in [2.45, 2.75) is 25.3 Å². The number of hydrogen-bond acceptors (Lipinski definition) is 5. The molecule has 0 unspecified atom stereocenters. The van der Waals surface area contributed by atoms with Gasteiger partial charge in [0.15, 0.2) is 0 Å². The standard InChI is InChI=1S/C21H20ClN3O3/c1-27-18-8-3-2-6-16(18)21(26)25-13-5-4-7-17(25)20-23-19(24-28-20)14-9-11-15(22)12-10-14/h2-3,6,8-12,17H,4-5,7,13H2,1H3/t17-/m1/s1. The Kier molecular flexibility index (Phi) is 5.30. The van der Waals surface area contributed by atoms with Crippen molar-refractivity contribution in [1.82, 2.24) is 15.0 Å². The minimum Gasteiger partial charge on any atom is -0.496 e. The Bertz CT molecular complexity index is 971. The fourth-order valence-corrected chi connectivity index (χ4v) is 3.62. The maximum absolute atomic E-state index is 13.2. The van der Waals surface area contributed by atoms with E-state index in [1.807, 2.05) is 24.3 Å². The summed E-state index contributed by atoms with van der Waals surface area (Å²) in [6, 6.07) is 14.2. The molecule has 3 aromatic rings. The molecule has 0 aliphatic carbocycles. The lowest BCUT2D eigenvalue weighted by Gasteiger charge is -2.33. The van der Waals surface area contributed by atoms with E-state index in [9.17, 15) is 4.79 Å². The van der Waals surface area contributed by atoms with Gasteiger partial charge in [-0.1, -0.05) is 28.9 Å². The number of carbonyl (C=O) groups excluding carboxylic acids is 1. The monoisotopic (exact) mass is 397 g/mol. The summed E-state index contributed by atoms with van der Waals surface area (Å²) in [5, 5.41) is 4.75. The number of rotatable bonds is 4. The Morgan fingerprint density at radius 1 is 1.18 bits per heavy atom. The molecule has 1 aliphatic rings. The number of ether oxygens (including phenoxy) is 1. The molecule has 7 heteroatoms. The first-order valence-corrected chi connectivity index (χ1v) is 9.58. The Labute approximate surface area is 168 Å². The van der Waals surface area contributed by atoms with E-state index in [1.54, 1.807) is 36.3 Å². The summed E-state index contributed by atoms with van der Waals surface area (Å²) in [7, 11) is 1.57. The van der Waals surface area contributed by atoms with Gasteiger partial charge >= 0.3 is 0 Å². The van der Waals surface area contributed by atoms with E-state index in [-0.39, 0.29) is 11.9 Å². The van der Waals surface area contributed by atoms with Gasteiger partial charge < -0.3 is 14.2 Å². The van der Waals surface area contributed by atoms with E-state index in [2.05, 4.69) is 10.1 Å². The number of amides is 1. The lowest BCUT2D eigenvalue weighted by molar-refractivity contribution is 0.0558. The smallest absolute Gasteiger partial charge is 0.258 e. The molecule has 1 atom stereocenters. The predicted octanol–water partition coefficient (Wildman–Crippen LogP) is 4.77. The third kappa shape index (κ3) is 3.60. The fraction of sp³-hybridized carbons (Fsp3) is 0.286. The van der Waals surface area contributed by atoms with Crippen LogP contribution in [0.4, 0.5) is 0 Å². The summed E-state index contributed by atoms with van der Waals surface area (Å²) < 4.78 is 10.9. The van der Waals surface area contributed by atoms with E-state index in [1.165, 1.54) is 0 Å². The highest BCUT2D eigenvalue weighted by Gasteiger charge is 2.33. The molecule has 28 heavy (non-hydrogen) atoms. The summed E-state index contributed by atoms with van der Waals surface area (Å²) >= 11 is 5.94. The van der Waals surface area contributed by atoms with Crippen LogP contribution in [0, 0.1) is 0 Å². The Balaban J connectivity index is 1.62. The maximum atomic E-state index is 13.2. The normalized spacial score (nSPS) is 16.8. The topological polar surface area (TPSA) is 68.5 Å². The van der Waals surface area contributed by atoms with Gasteiger partial charge in [0, 0.05) is 17.1 Å². The van der Waals surface area contributed by atoms with Crippen LogP contribution in [0.1, 0.15) is 41.6 Å². The molecule has 1 amide bonds. The van der Waals surface area contributed by atoms with Crippen molar-refractivity contribution in [3.8, 4) is 17.1 Å². The van der Waals surface area contributed by atoms with Gasteiger partial charge in [-0.25, -0.2) is 0 Å². The average Bonchev–Trinajstić information content (AvgIpc) is 3.24. The lowest BCUT2D eigenvalue weighted by atomic mass is 10.0. The van der Waals surface area contributed by atoms with Crippen LogP contribution in [-0.2, 0) is 0 Å². The minimum atomic E-state index is -0.250. The molecule has 6 nitrogen and oxygen atoms in total. The second kappa shape index (κ2) is 8.02. The molecule has 0 bridgehead atoms. The number of para-hydroxylation sites is 1. The number of benzene rings is 2. The number of nitrogens with zero attached hydrogens (tertiary/aromatic N) is 3. The highest BCUT2D eigenvalue weighted by Crippen LogP contribution is 2.33. The van der Waals surface area contributed by atoms with Gasteiger partial charge in [0.05, 0.1) is 12.7 Å². The largest absolute Gasteiger partial charge is 0.496 e. The molecule has 1 aliphatic heterocycles.